The van der Waals surface area contributed by atoms with Crippen LogP contribution in [0.15, 0.2) is 122 Å². The number of benzene rings is 4. The van der Waals surface area contributed by atoms with E-state index in [0.717, 1.165) is 41.8 Å². The average Bonchev–Trinajstić information content (AvgIpc) is 3.61. The molecular formula is C41H36FN3O7. The van der Waals surface area contributed by atoms with Crippen LogP contribution < -0.4 is 20.3 Å². The Morgan fingerprint density at radius 2 is 1.29 bits per heavy atom. The van der Waals surface area contributed by atoms with Gasteiger partial charge in [0.1, 0.15) is 46.6 Å². The molecule has 0 spiro atoms. The number of unbranched alkanes of at least 4 members (excludes halogenated alkanes) is 1. The number of hydrogen-bond acceptors (Lipinski definition) is 9. The Labute approximate surface area is 298 Å². The van der Waals surface area contributed by atoms with Crippen molar-refractivity contribution in [2.75, 3.05) is 26.4 Å². The number of nitrogens with zero attached hydrogens (tertiary/aromatic N) is 3. The number of ether oxygens (including phenoxy) is 3. The standard InChI is InChI=1S/C41H36FN3O7/c1-27-5-15-38-34(22-27)36(46)24-40(51-38)28-6-11-32(12-7-28)49-18-3-2-4-31-26-45(44-43-31)17-19-48-20-21-50-33-13-8-29(9-14-33)41-25-37(47)35-23-30(42)10-16-39(35)52-41/h5-16,22-26H,2-4,17-21H2,1H3. The van der Waals surface area contributed by atoms with Gasteiger partial charge >= 0.3 is 0 Å². The van der Waals surface area contributed by atoms with Crippen molar-refractivity contribution >= 4 is 21.9 Å². The number of aromatic nitrogens is 3. The van der Waals surface area contributed by atoms with Crippen LogP contribution in [0.2, 0.25) is 0 Å². The summed E-state index contributed by atoms with van der Waals surface area (Å²) in [6.45, 7) is 4.34. The van der Waals surface area contributed by atoms with Gasteiger partial charge in [-0.05, 0) is 105 Å². The third kappa shape index (κ3) is 8.44. The fourth-order valence-corrected chi connectivity index (χ4v) is 5.75. The highest BCUT2D eigenvalue weighted by Gasteiger charge is 2.10. The lowest BCUT2D eigenvalue weighted by Gasteiger charge is -2.08. The SMILES string of the molecule is Cc1ccc2oc(-c3ccc(OCCCCc4cn(CCOCCOc5ccc(-c6cc(=O)c7cc(F)ccc7o6)cc5)nn4)cc3)cc(=O)c2c1. The second-order valence-corrected chi connectivity index (χ2v) is 12.4. The summed E-state index contributed by atoms with van der Waals surface area (Å²) in [5.41, 5.74) is 4.00. The maximum Gasteiger partial charge on any atom is 0.193 e. The number of aryl methyl sites for hydroxylation is 2. The maximum atomic E-state index is 13.5. The van der Waals surface area contributed by atoms with Crippen molar-refractivity contribution < 1.29 is 27.4 Å². The fourth-order valence-electron chi connectivity index (χ4n) is 5.75. The molecule has 3 heterocycles. The molecule has 0 unspecified atom stereocenters. The van der Waals surface area contributed by atoms with Gasteiger partial charge in [-0.25, -0.2) is 9.07 Å². The summed E-state index contributed by atoms with van der Waals surface area (Å²) in [5, 5.41) is 9.26. The summed E-state index contributed by atoms with van der Waals surface area (Å²) in [7, 11) is 0. The normalized spacial score (nSPS) is 11.3. The Balaban J connectivity index is 0.772. The maximum absolute atomic E-state index is 13.5. The van der Waals surface area contributed by atoms with Crippen LogP contribution in [-0.4, -0.2) is 41.4 Å². The van der Waals surface area contributed by atoms with E-state index in [1.54, 1.807) is 28.9 Å². The molecule has 7 rings (SSSR count). The van der Waals surface area contributed by atoms with Crippen LogP contribution in [0, 0.1) is 12.7 Å². The van der Waals surface area contributed by atoms with Gasteiger partial charge in [-0.15, -0.1) is 5.10 Å². The molecule has 0 fully saturated rings. The predicted octanol–water partition coefficient (Wildman–Crippen LogP) is 7.77. The van der Waals surface area contributed by atoms with Crippen molar-refractivity contribution in [3.63, 3.8) is 0 Å². The van der Waals surface area contributed by atoms with E-state index in [1.165, 1.54) is 30.3 Å². The number of halogens is 1. The van der Waals surface area contributed by atoms with Gasteiger partial charge in [0.05, 0.1) is 42.8 Å². The first-order valence-electron chi connectivity index (χ1n) is 17.1. The van der Waals surface area contributed by atoms with Crippen LogP contribution in [-0.2, 0) is 17.7 Å². The zero-order chi connectivity index (χ0) is 35.9. The third-order valence-electron chi connectivity index (χ3n) is 8.49. The van der Waals surface area contributed by atoms with Crippen molar-refractivity contribution in [1.29, 1.82) is 0 Å². The zero-order valence-electron chi connectivity index (χ0n) is 28.5. The van der Waals surface area contributed by atoms with Gasteiger partial charge < -0.3 is 23.0 Å². The highest BCUT2D eigenvalue weighted by atomic mass is 19.1. The highest BCUT2D eigenvalue weighted by molar-refractivity contribution is 5.80. The smallest absolute Gasteiger partial charge is 0.193 e. The lowest BCUT2D eigenvalue weighted by atomic mass is 10.1. The van der Waals surface area contributed by atoms with Gasteiger partial charge in [0, 0.05) is 29.5 Å². The third-order valence-corrected chi connectivity index (χ3v) is 8.49. The molecule has 0 aliphatic heterocycles. The molecule has 0 bridgehead atoms. The van der Waals surface area contributed by atoms with Crippen molar-refractivity contribution in [3.8, 4) is 34.1 Å². The van der Waals surface area contributed by atoms with E-state index in [2.05, 4.69) is 10.3 Å². The van der Waals surface area contributed by atoms with E-state index < -0.39 is 5.82 Å². The first-order valence-corrected chi connectivity index (χ1v) is 17.1. The molecule has 0 radical (unpaired) electrons. The number of rotatable bonds is 15. The Kier molecular flexibility index (Phi) is 10.5. The second-order valence-electron chi connectivity index (χ2n) is 12.4. The molecule has 0 aliphatic rings. The summed E-state index contributed by atoms with van der Waals surface area (Å²) < 4.78 is 44.4. The minimum absolute atomic E-state index is 0.0594. The summed E-state index contributed by atoms with van der Waals surface area (Å²) in [5.74, 6) is 1.86. The molecule has 0 N–H and O–H groups in total. The summed E-state index contributed by atoms with van der Waals surface area (Å²) in [6.07, 6.45) is 4.50. The molecule has 0 saturated heterocycles. The van der Waals surface area contributed by atoms with E-state index >= 15 is 0 Å². The molecule has 264 valence electrons. The fraction of sp³-hybridized carbons (Fsp3) is 0.220. The van der Waals surface area contributed by atoms with E-state index in [9.17, 15) is 14.0 Å². The summed E-state index contributed by atoms with van der Waals surface area (Å²) in [4.78, 5) is 25.0. The monoisotopic (exact) mass is 701 g/mol. The van der Waals surface area contributed by atoms with Crippen LogP contribution in [0.4, 0.5) is 4.39 Å². The molecule has 0 atom stereocenters. The highest BCUT2D eigenvalue weighted by Crippen LogP contribution is 2.26. The van der Waals surface area contributed by atoms with E-state index in [4.69, 9.17) is 23.0 Å². The van der Waals surface area contributed by atoms with Crippen molar-refractivity contribution in [1.82, 2.24) is 15.0 Å². The first kappa shape index (κ1) is 34.4. The first-order chi connectivity index (χ1) is 25.4. The lowest BCUT2D eigenvalue weighted by molar-refractivity contribution is 0.0923. The molecule has 0 aliphatic carbocycles. The Bertz CT molecular complexity index is 2420. The zero-order valence-corrected chi connectivity index (χ0v) is 28.5. The van der Waals surface area contributed by atoms with Gasteiger partial charge in [0.2, 0.25) is 0 Å². The Morgan fingerprint density at radius 3 is 1.96 bits per heavy atom. The quantitative estimate of drug-likeness (QED) is 0.0988. The Hall–Kier alpha value is -6.07. The molecule has 10 nitrogen and oxygen atoms in total. The van der Waals surface area contributed by atoms with E-state index in [0.29, 0.717) is 72.4 Å². The van der Waals surface area contributed by atoms with Gasteiger partial charge in [0.15, 0.2) is 10.9 Å². The molecular weight excluding hydrogens is 665 g/mol. The second kappa shape index (κ2) is 15.9. The predicted molar refractivity (Wildman–Crippen MR) is 195 cm³/mol. The van der Waals surface area contributed by atoms with Gasteiger partial charge in [-0.2, -0.15) is 0 Å². The van der Waals surface area contributed by atoms with Crippen LogP contribution in [0.3, 0.4) is 0 Å². The molecule has 0 saturated carbocycles. The van der Waals surface area contributed by atoms with Crippen molar-refractivity contribution in [3.05, 3.63) is 141 Å². The van der Waals surface area contributed by atoms with Crippen LogP contribution in [0.25, 0.3) is 44.6 Å². The topological polar surface area (TPSA) is 119 Å². The average molecular weight is 702 g/mol. The molecule has 7 aromatic rings. The van der Waals surface area contributed by atoms with E-state index in [-0.39, 0.29) is 16.2 Å². The summed E-state index contributed by atoms with van der Waals surface area (Å²) >= 11 is 0. The molecule has 4 aromatic carbocycles. The van der Waals surface area contributed by atoms with E-state index in [1.807, 2.05) is 55.6 Å². The molecule has 11 heteroatoms. The molecule has 3 aromatic heterocycles. The van der Waals surface area contributed by atoms with Crippen LogP contribution >= 0.6 is 0 Å². The van der Waals surface area contributed by atoms with Gasteiger partial charge in [-0.1, -0.05) is 16.8 Å². The van der Waals surface area contributed by atoms with Crippen LogP contribution in [0.1, 0.15) is 24.1 Å². The largest absolute Gasteiger partial charge is 0.494 e. The number of fused-ring (bicyclic) bond motifs is 2. The number of hydrogen-bond donors (Lipinski definition) is 0. The van der Waals surface area contributed by atoms with Crippen molar-refractivity contribution in [2.45, 2.75) is 32.7 Å². The molecule has 0 amide bonds. The lowest BCUT2D eigenvalue weighted by Crippen LogP contribution is -2.11. The minimum atomic E-state index is -0.482. The van der Waals surface area contributed by atoms with Gasteiger partial charge in [0.25, 0.3) is 0 Å². The minimum Gasteiger partial charge on any atom is -0.494 e. The van der Waals surface area contributed by atoms with Crippen molar-refractivity contribution in [2.24, 2.45) is 0 Å². The van der Waals surface area contributed by atoms with Gasteiger partial charge in [-0.3, -0.25) is 9.59 Å². The van der Waals surface area contributed by atoms with Crippen LogP contribution in [0.5, 0.6) is 11.5 Å². The molecule has 52 heavy (non-hydrogen) atoms. The Morgan fingerprint density at radius 1 is 0.673 bits per heavy atom. The summed E-state index contributed by atoms with van der Waals surface area (Å²) in [6, 6.07) is 27.1.